The minimum Gasteiger partial charge on any atom is -0.454 e. The molecule has 0 atom stereocenters. The van der Waals surface area contributed by atoms with Crippen molar-refractivity contribution in [1.29, 1.82) is 0 Å². The summed E-state index contributed by atoms with van der Waals surface area (Å²) in [6.45, 7) is 4.76. The Bertz CT molecular complexity index is 1250. The average Bonchev–Trinajstić information content (AvgIpc) is 3.35. The maximum absolute atomic E-state index is 12.5. The predicted octanol–water partition coefficient (Wildman–Crippen LogP) is 4.30. The van der Waals surface area contributed by atoms with Gasteiger partial charge in [-0.05, 0) is 73.7 Å². The molecule has 1 aromatic heterocycles. The Morgan fingerprint density at radius 1 is 0.943 bits per heavy atom. The number of benzene rings is 2. The summed E-state index contributed by atoms with van der Waals surface area (Å²) in [5, 5.41) is 6.77. The van der Waals surface area contributed by atoms with Gasteiger partial charge >= 0.3 is 0 Å². The van der Waals surface area contributed by atoms with Gasteiger partial charge in [0.05, 0.1) is 5.52 Å². The molecule has 8 nitrogen and oxygen atoms in total. The molecular formula is C27H30N4O4. The molecule has 2 aliphatic rings. The first-order chi connectivity index (χ1) is 17.0. The van der Waals surface area contributed by atoms with E-state index in [9.17, 15) is 9.59 Å². The Morgan fingerprint density at radius 2 is 1.74 bits per heavy atom. The van der Waals surface area contributed by atoms with Crippen LogP contribution >= 0.6 is 0 Å². The molecule has 182 valence electrons. The van der Waals surface area contributed by atoms with Gasteiger partial charge in [0.2, 0.25) is 18.6 Å². The van der Waals surface area contributed by atoms with E-state index in [0.29, 0.717) is 23.7 Å². The number of nitrogens with zero attached hydrogens (tertiary/aromatic N) is 2. The van der Waals surface area contributed by atoms with E-state index < -0.39 is 0 Å². The lowest BCUT2D eigenvalue weighted by Gasteiger charge is -2.28. The third kappa shape index (κ3) is 5.48. The van der Waals surface area contributed by atoms with Crippen LogP contribution in [0.15, 0.2) is 42.5 Å². The molecule has 0 radical (unpaired) electrons. The van der Waals surface area contributed by atoms with E-state index in [1.54, 1.807) is 0 Å². The minimum atomic E-state index is -0.196. The number of anilines is 2. The Kier molecular flexibility index (Phi) is 6.70. The van der Waals surface area contributed by atoms with Crippen molar-refractivity contribution in [2.45, 2.75) is 45.6 Å². The maximum atomic E-state index is 12.5. The van der Waals surface area contributed by atoms with Gasteiger partial charge in [0.15, 0.2) is 11.5 Å². The van der Waals surface area contributed by atoms with Crippen LogP contribution in [0.4, 0.5) is 11.5 Å². The van der Waals surface area contributed by atoms with E-state index in [1.807, 2.05) is 36.4 Å². The molecule has 8 heteroatoms. The third-order valence-electron chi connectivity index (χ3n) is 6.47. The van der Waals surface area contributed by atoms with Crippen LogP contribution in [0.25, 0.3) is 10.9 Å². The number of aryl methyl sites for hydroxylation is 1. The summed E-state index contributed by atoms with van der Waals surface area (Å²) in [7, 11) is 0. The molecule has 0 saturated carbocycles. The molecular weight excluding hydrogens is 444 g/mol. The molecule has 5 rings (SSSR count). The molecule has 0 unspecified atom stereocenters. The largest absolute Gasteiger partial charge is 0.454 e. The number of fused-ring (bicyclic) bond motifs is 2. The fourth-order valence-electron chi connectivity index (χ4n) is 4.53. The number of carbonyl (C=O) groups excluding carboxylic acids is 2. The number of hydrogen-bond acceptors (Lipinski definition) is 6. The van der Waals surface area contributed by atoms with Crippen molar-refractivity contribution in [2.75, 3.05) is 30.1 Å². The van der Waals surface area contributed by atoms with Crippen LogP contribution in [0.3, 0.4) is 0 Å². The van der Waals surface area contributed by atoms with E-state index in [2.05, 4.69) is 28.5 Å². The summed E-state index contributed by atoms with van der Waals surface area (Å²) < 4.78 is 10.6. The Balaban J connectivity index is 1.13. The Labute approximate surface area is 204 Å². The first kappa shape index (κ1) is 23.0. The average molecular weight is 475 g/mol. The van der Waals surface area contributed by atoms with Gasteiger partial charge in [0.1, 0.15) is 5.82 Å². The Morgan fingerprint density at radius 3 is 2.60 bits per heavy atom. The summed E-state index contributed by atoms with van der Waals surface area (Å²) in [6.07, 6.45) is 3.92. The SMILES string of the molecule is Cc1cc(N2CCCCC2)nc2ccc(NC(=O)CCC(=O)NCc3ccc4c(c3)OCO4)cc12. The molecule has 0 bridgehead atoms. The van der Waals surface area contributed by atoms with Gasteiger partial charge in [-0.1, -0.05) is 6.07 Å². The van der Waals surface area contributed by atoms with Gasteiger partial charge in [-0.15, -0.1) is 0 Å². The lowest BCUT2D eigenvalue weighted by molar-refractivity contribution is -0.124. The van der Waals surface area contributed by atoms with Gasteiger partial charge in [-0.25, -0.2) is 4.98 Å². The lowest BCUT2D eigenvalue weighted by Crippen LogP contribution is -2.30. The molecule has 3 heterocycles. The molecule has 2 N–H and O–H groups in total. The van der Waals surface area contributed by atoms with Gasteiger partial charge < -0.3 is 25.0 Å². The van der Waals surface area contributed by atoms with Crippen molar-refractivity contribution in [3.63, 3.8) is 0 Å². The highest BCUT2D eigenvalue weighted by molar-refractivity contribution is 5.96. The number of amides is 2. The highest BCUT2D eigenvalue weighted by Crippen LogP contribution is 2.32. The van der Waals surface area contributed by atoms with Crippen LogP contribution < -0.4 is 25.0 Å². The van der Waals surface area contributed by atoms with E-state index in [0.717, 1.165) is 40.9 Å². The van der Waals surface area contributed by atoms with Gasteiger partial charge in [-0.3, -0.25) is 9.59 Å². The van der Waals surface area contributed by atoms with Crippen LogP contribution in [0.1, 0.15) is 43.2 Å². The minimum absolute atomic E-state index is 0.107. The number of piperidine rings is 1. The van der Waals surface area contributed by atoms with E-state index in [1.165, 1.54) is 19.3 Å². The Hall–Kier alpha value is -3.81. The summed E-state index contributed by atoms with van der Waals surface area (Å²) in [5.74, 6) is 2.04. The van der Waals surface area contributed by atoms with Crippen molar-refractivity contribution < 1.29 is 19.1 Å². The summed E-state index contributed by atoms with van der Waals surface area (Å²) in [5.41, 5.74) is 3.68. The molecule has 2 aliphatic heterocycles. The fraction of sp³-hybridized carbons (Fsp3) is 0.370. The van der Waals surface area contributed by atoms with Crippen molar-refractivity contribution in [3.05, 3.63) is 53.6 Å². The maximum Gasteiger partial charge on any atom is 0.231 e. The number of rotatable bonds is 7. The van der Waals surface area contributed by atoms with Gasteiger partial charge in [0.25, 0.3) is 0 Å². The number of pyridine rings is 1. The number of ether oxygens (including phenoxy) is 2. The van der Waals surface area contributed by atoms with Gasteiger partial charge in [-0.2, -0.15) is 0 Å². The zero-order valence-corrected chi connectivity index (χ0v) is 19.9. The normalized spacial score (nSPS) is 14.7. The monoisotopic (exact) mass is 474 g/mol. The third-order valence-corrected chi connectivity index (χ3v) is 6.47. The molecule has 2 amide bonds. The summed E-state index contributed by atoms with van der Waals surface area (Å²) in [4.78, 5) is 31.9. The fourth-order valence-corrected chi connectivity index (χ4v) is 4.53. The van der Waals surface area contributed by atoms with Crippen molar-refractivity contribution in [2.24, 2.45) is 0 Å². The zero-order chi connectivity index (χ0) is 24.2. The van der Waals surface area contributed by atoms with Crippen LogP contribution in [0.2, 0.25) is 0 Å². The number of nitrogens with one attached hydrogen (secondary N) is 2. The summed E-state index contributed by atoms with van der Waals surface area (Å²) in [6, 6.07) is 13.5. The second-order valence-electron chi connectivity index (χ2n) is 9.09. The molecule has 3 aromatic rings. The molecule has 2 aromatic carbocycles. The first-order valence-corrected chi connectivity index (χ1v) is 12.2. The van der Waals surface area contributed by atoms with Crippen LogP contribution in [-0.4, -0.2) is 36.7 Å². The molecule has 1 saturated heterocycles. The van der Waals surface area contributed by atoms with E-state index in [4.69, 9.17) is 14.5 Å². The van der Waals surface area contributed by atoms with E-state index in [-0.39, 0.29) is 31.4 Å². The number of carbonyl (C=O) groups is 2. The highest BCUT2D eigenvalue weighted by Gasteiger charge is 2.15. The van der Waals surface area contributed by atoms with Gasteiger partial charge in [0, 0.05) is 43.5 Å². The van der Waals surface area contributed by atoms with Crippen molar-refractivity contribution >= 4 is 34.2 Å². The van der Waals surface area contributed by atoms with Crippen molar-refractivity contribution in [1.82, 2.24) is 10.3 Å². The standard InChI is InChI=1S/C27H30N4O4/c1-18-13-25(31-11-3-2-4-12-31)30-22-7-6-20(15-21(18)22)29-27(33)10-9-26(32)28-16-19-5-8-23-24(14-19)35-17-34-23/h5-8,13-15H,2-4,9-12,16-17H2,1H3,(H,28,32)(H,29,33). The first-order valence-electron chi connectivity index (χ1n) is 12.2. The highest BCUT2D eigenvalue weighted by atomic mass is 16.7. The number of hydrogen-bond donors (Lipinski definition) is 2. The molecule has 0 spiro atoms. The van der Waals surface area contributed by atoms with Crippen LogP contribution in [0.5, 0.6) is 11.5 Å². The predicted molar refractivity (Wildman–Crippen MR) is 135 cm³/mol. The summed E-state index contributed by atoms with van der Waals surface area (Å²) >= 11 is 0. The van der Waals surface area contributed by atoms with Crippen molar-refractivity contribution in [3.8, 4) is 11.5 Å². The molecule has 35 heavy (non-hydrogen) atoms. The smallest absolute Gasteiger partial charge is 0.231 e. The topological polar surface area (TPSA) is 92.8 Å². The molecule has 0 aliphatic carbocycles. The molecule has 1 fully saturated rings. The lowest BCUT2D eigenvalue weighted by atomic mass is 10.1. The second kappa shape index (κ2) is 10.2. The zero-order valence-electron chi connectivity index (χ0n) is 19.9. The van der Waals surface area contributed by atoms with E-state index >= 15 is 0 Å². The quantitative estimate of drug-likeness (QED) is 0.531. The number of aromatic nitrogens is 1. The second-order valence-corrected chi connectivity index (χ2v) is 9.09. The van der Waals surface area contributed by atoms with Crippen LogP contribution in [-0.2, 0) is 16.1 Å². The van der Waals surface area contributed by atoms with Crippen LogP contribution in [0, 0.1) is 6.92 Å².